The molecule has 0 aliphatic carbocycles. The maximum atomic E-state index is 5.34. The number of aromatic nitrogens is 2. The van der Waals surface area contributed by atoms with Gasteiger partial charge in [0.25, 0.3) is 0 Å². The van der Waals surface area contributed by atoms with Crippen LogP contribution >= 0.6 is 22.6 Å². The Hall–Kier alpha value is -0.430. The third-order valence-corrected chi connectivity index (χ3v) is 3.22. The van der Waals surface area contributed by atoms with E-state index in [0.29, 0.717) is 6.04 Å². The van der Waals surface area contributed by atoms with Gasteiger partial charge in [0.1, 0.15) is 0 Å². The number of rotatable bonds is 2. The summed E-state index contributed by atoms with van der Waals surface area (Å²) in [5, 5.41) is 0. The molecule has 15 heavy (non-hydrogen) atoms. The SMILES string of the molecule is CN(c1ncc(I)cn1)C1CCOCC1. The zero-order chi connectivity index (χ0) is 10.7. The highest BCUT2D eigenvalue weighted by molar-refractivity contribution is 14.1. The lowest BCUT2D eigenvalue weighted by molar-refractivity contribution is 0.0852. The topological polar surface area (TPSA) is 38.2 Å². The second kappa shape index (κ2) is 5.07. The summed E-state index contributed by atoms with van der Waals surface area (Å²) >= 11 is 2.21. The molecule has 0 saturated carbocycles. The number of halogens is 1. The molecule has 0 amide bonds. The van der Waals surface area contributed by atoms with E-state index in [1.807, 2.05) is 12.4 Å². The molecule has 0 atom stereocenters. The number of nitrogens with zero attached hydrogens (tertiary/aromatic N) is 3. The number of anilines is 1. The average Bonchev–Trinajstić information content (AvgIpc) is 2.30. The summed E-state index contributed by atoms with van der Waals surface area (Å²) < 4.78 is 6.40. The van der Waals surface area contributed by atoms with Crippen LogP contribution in [0.2, 0.25) is 0 Å². The lowest BCUT2D eigenvalue weighted by Crippen LogP contribution is -2.37. The zero-order valence-corrected chi connectivity index (χ0v) is 10.8. The Kier molecular flexibility index (Phi) is 3.74. The number of ether oxygens (including phenoxy) is 1. The van der Waals surface area contributed by atoms with Crippen molar-refractivity contribution < 1.29 is 4.74 Å². The molecule has 0 aromatic carbocycles. The Morgan fingerprint density at radius 2 is 1.93 bits per heavy atom. The standard InChI is InChI=1S/C10H14IN3O/c1-14(9-2-4-15-5-3-9)10-12-6-8(11)7-13-10/h6-7,9H,2-5H2,1H3. The van der Waals surface area contributed by atoms with Gasteiger partial charge in [-0.3, -0.25) is 0 Å². The first kappa shape index (κ1) is 11.1. The van der Waals surface area contributed by atoms with Gasteiger partial charge in [-0.1, -0.05) is 0 Å². The van der Waals surface area contributed by atoms with Crippen molar-refractivity contribution in [3.8, 4) is 0 Å². The molecule has 0 unspecified atom stereocenters. The fourth-order valence-corrected chi connectivity index (χ4v) is 2.00. The molecule has 5 heteroatoms. The molecular formula is C10H14IN3O. The third-order valence-electron chi connectivity index (χ3n) is 2.66. The van der Waals surface area contributed by atoms with E-state index in [9.17, 15) is 0 Å². The minimum atomic E-state index is 0.513. The predicted molar refractivity (Wildman–Crippen MR) is 67.0 cm³/mol. The maximum Gasteiger partial charge on any atom is 0.225 e. The summed E-state index contributed by atoms with van der Waals surface area (Å²) in [4.78, 5) is 10.8. The van der Waals surface area contributed by atoms with Crippen LogP contribution in [0.3, 0.4) is 0 Å². The molecule has 1 aromatic heterocycles. The first-order chi connectivity index (χ1) is 7.27. The number of hydrogen-bond donors (Lipinski definition) is 0. The fourth-order valence-electron chi connectivity index (χ4n) is 1.72. The Morgan fingerprint density at radius 3 is 2.53 bits per heavy atom. The molecule has 1 fully saturated rings. The second-order valence-electron chi connectivity index (χ2n) is 3.66. The van der Waals surface area contributed by atoms with Crippen LogP contribution in [0.25, 0.3) is 0 Å². The summed E-state index contributed by atoms with van der Waals surface area (Å²) in [7, 11) is 2.05. The van der Waals surface area contributed by atoms with Crippen molar-refractivity contribution >= 4 is 28.5 Å². The Labute approximate surface area is 103 Å². The largest absolute Gasteiger partial charge is 0.381 e. The van der Waals surface area contributed by atoms with Crippen molar-refractivity contribution in [3.63, 3.8) is 0 Å². The maximum absolute atomic E-state index is 5.34. The quantitative estimate of drug-likeness (QED) is 0.778. The molecule has 1 aliphatic rings. The van der Waals surface area contributed by atoms with E-state index < -0.39 is 0 Å². The van der Waals surface area contributed by atoms with Crippen LogP contribution in [-0.2, 0) is 4.74 Å². The van der Waals surface area contributed by atoms with Crippen molar-refractivity contribution in [2.24, 2.45) is 0 Å². The number of hydrogen-bond acceptors (Lipinski definition) is 4. The molecule has 2 heterocycles. The van der Waals surface area contributed by atoms with Gasteiger partial charge in [0, 0.05) is 42.3 Å². The lowest BCUT2D eigenvalue weighted by atomic mass is 10.1. The highest BCUT2D eigenvalue weighted by atomic mass is 127. The van der Waals surface area contributed by atoms with Gasteiger partial charge in [-0.15, -0.1) is 0 Å². The summed E-state index contributed by atoms with van der Waals surface area (Å²) in [6.45, 7) is 1.69. The van der Waals surface area contributed by atoms with Gasteiger partial charge >= 0.3 is 0 Å². The van der Waals surface area contributed by atoms with Crippen molar-refractivity contribution in [1.82, 2.24) is 9.97 Å². The summed E-state index contributed by atoms with van der Waals surface area (Å²) in [6.07, 6.45) is 5.81. The van der Waals surface area contributed by atoms with Gasteiger partial charge in [-0.2, -0.15) is 0 Å². The van der Waals surface area contributed by atoms with Gasteiger partial charge < -0.3 is 9.64 Å². The lowest BCUT2D eigenvalue weighted by Gasteiger charge is -2.31. The molecule has 0 bridgehead atoms. The van der Waals surface area contributed by atoms with Gasteiger partial charge in [0.15, 0.2) is 0 Å². The van der Waals surface area contributed by atoms with Crippen molar-refractivity contribution in [1.29, 1.82) is 0 Å². The Morgan fingerprint density at radius 1 is 1.33 bits per heavy atom. The smallest absolute Gasteiger partial charge is 0.225 e. The summed E-state index contributed by atoms with van der Waals surface area (Å²) in [6, 6.07) is 0.513. The second-order valence-corrected chi connectivity index (χ2v) is 4.90. The Balaban J connectivity index is 2.05. The minimum absolute atomic E-state index is 0.513. The van der Waals surface area contributed by atoms with E-state index in [4.69, 9.17) is 4.74 Å². The summed E-state index contributed by atoms with van der Waals surface area (Å²) in [5.74, 6) is 0.808. The van der Waals surface area contributed by atoms with Crippen LogP contribution in [0.5, 0.6) is 0 Å². The van der Waals surface area contributed by atoms with Crippen LogP contribution in [0.1, 0.15) is 12.8 Å². The molecule has 0 spiro atoms. The van der Waals surface area contributed by atoms with Crippen LogP contribution in [0.4, 0.5) is 5.95 Å². The minimum Gasteiger partial charge on any atom is -0.381 e. The molecule has 0 radical (unpaired) electrons. The molecule has 2 rings (SSSR count). The van der Waals surface area contributed by atoms with E-state index >= 15 is 0 Å². The molecule has 1 saturated heterocycles. The molecule has 1 aromatic rings. The monoisotopic (exact) mass is 319 g/mol. The molecular weight excluding hydrogens is 305 g/mol. The normalized spacial score (nSPS) is 17.7. The molecule has 1 aliphatic heterocycles. The predicted octanol–water partition coefficient (Wildman–Crippen LogP) is 1.70. The third kappa shape index (κ3) is 2.78. The van der Waals surface area contributed by atoms with Crippen molar-refractivity contribution in [2.45, 2.75) is 18.9 Å². The van der Waals surface area contributed by atoms with Gasteiger partial charge in [0.05, 0.1) is 0 Å². The molecule has 4 nitrogen and oxygen atoms in total. The van der Waals surface area contributed by atoms with Gasteiger partial charge in [-0.05, 0) is 35.4 Å². The summed E-state index contributed by atoms with van der Waals surface area (Å²) in [5.41, 5.74) is 0. The fraction of sp³-hybridized carbons (Fsp3) is 0.600. The zero-order valence-electron chi connectivity index (χ0n) is 8.69. The van der Waals surface area contributed by atoms with Crippen LogP contribution < -0.4 is 4.90 Å². The average molecular weight is 319 g/mol. The van der Waals surface area contributed by atoms with Crippen LogP contribution in [0, 0.1) is 3.57 Å². The highest BCUT2D eigenvalue weighted by Crippen LogP contribution is 2.17. The van der Waals surface area contributed by atoms with E-state index in [-0.39, 0.29) is 0 Å². The highest BCUT2D eigenvalue weighted by Gasteiger charge is 2.20. The van der Waals surface area contributed by atoms with E-state index in [2.05, 4.69) is 44.5 Å². The van der Waals surface area contributed by atoms with E-state index in [1.165, 1.54) is 0 Å². The van der Waals surface area contributed by atoms with Crippen LogP contribution in [-0.4, -0.2) is 36.3 Å². The van der Waals surface area contributed by atoms with E-state index in [1.54, 1.807) is 0 Å². The van der Waals surface area contributed by atoms with Crippen molar-refractivity contribution in [2.75, 3.05) is 25.2 Å². The first-order valence-corrected chi connectivity index (χ1v) is 6.13. The van der Waals surface area contributed by atoms with Crippen molar-refractivity contribution in [3.05, 3.63) is 16.0 Å². The van der Waals surface area contributed by atoms with Gasteiger partial charge in [-0.25, -0.2) is 9.97 Å². The van der Waals surface area contributed by atoms with Crippen LogP contribution in [0.15, 0.2) is 12.4 Å². The molecule has 82 valence electrons. The van der Waals surface area contributed by atoms with E-state index in [0.717, 1.165) is 35.6 Å². The van der Waals surface area contributed by atoms with Gasteiger partial charge in [0.2, 0.25) is 5.95 Å². The Bertz CT molecular complexity index is 311. The molecule has 0 N–H and O–H groups in total. The first-order valence-electron chi connectivity index (χ1n) is 5.05.